The molecule has 1 amide bonds. The predicted octanol–water partition coefficient (Wildman–Crippen LogP) is 2.40. The minimum Gasteiger partial charge on any atom is -0.459 e. The molecular weight excluding hydrogens is 502 g/mol. The molecule has 3 atom stereocenters. The van der Waals surface area contributed by atoms with Gasteiger partial charge in [-0.1, -0.05) is 18.2 Å². The molecule has 2 aliphatic rings. The molecular formula is C29H41N3O7. The quantitative estimate of drug-likeness (QED) is 0.332. The Bertz CT molecular complexity index is 1170. The third-order valence-corrected chi connectivity index (χ3v) is 7.32. The zero-order valence-corrected chi connectivity index (χ0v) is 23.1. The van der Waals surface area contributed by atoms with Crippen LogP contribution in [-0.2, 0) is 30.8 Å². The SMILES string of the molecule is CCO[C@@H]1OC(C(=O)NCC2CC2)=C[C@H](c2c(C)n(C)n(-c3ccccc3)c2=O)[C@@H]1CCOCCOCCO. The molecule has 1 aliphatic heterocycles. The molecule has 2 N–H and O–H groups in total. The number of ether oxygens (including phenoxy) is 4. The first kappa shape index (κ1) is 29.1. The van der Waals surface area contributed by atoms with Crippen molar-refractivity contribution in [1.29, 1.82) is 0 Å². The third-order valence-electron chi connectivity index (χ3n) is 7.32. The largest absolute Gasteiger partial charge is 0.459 e. The number of hydrogen-bond acceptors (Lipinski definition) is 7. The van der Waals surface area contributed by atoms with Gasteiger partial charge >= 0.3 is 0 Å². The van der Waals surface area contributed by atoms with Gasteiger partial charge in [0.2, 0.25) is 6.29 Å². The number of para-hydroxylation sites is 1. The number of nitrogens with one attached hydrogen (secondary N) is 1. The van der Waals surface area contributed by atoms with Crippen molar-refractivity contribution in [3.05, 3.63) is 63.8 Å². The highest BCUT2D eigenvalue weighted by Gasteiger charge is 2.41. The number of carbonyl (C=O) groups is 1. The summed E-state index contributed by atoms with van der Waals surface area (Å²) < 4.78 is 26.7. The van der Waals surface area contributed by atoms with E-state index in [1.54, 1.807) is 10.8 Å². The monoisotopic (exact) mass is 543 g/mol. The van der Waals surface area contributed by atoms with Crippen molar-refractivity contribution >= 4 is 5.91 Å². The van der Waals surface area contributed by atoms with E-state index in [0.717, 1.165) is 24.2 Å². The van der Waals surface area contributed by atoms with Crippen LogP contribution in [0.5, 0.6) is 0 Å². The molecule has 1 fully saturated rings. The summed E-state index contributed by atoms with van der Waals surface area (Å²) in [5.41, 5.74) is 2.05. The summed E-state index contributed by atoms with van der Waals surface area (Å²) in [4.78, 5) is 27.1. The van der Waals surface area contributed by atoms with Crippen molar-refractivity contribution in [2.24, 2.45) is 18.9 Å². The van der Waals surface area contributed by atoms with Crippen molar-refractivity contribution < 1.29 is 28.8 Å². The second kappa shape index (κ2) is 13.9. The molecule has 1 aliphatic carbocycles. The van der Waals surface area contributed by atoms with Crippen LogP contribution >= 0.6 is 0 Å². The number of benzene rings is 1. The highest BCUT2D eigenvalue weighted by molar-refractivity contribution is 5.91. The summed E-state index contributed by atoms with van der Waals surface area (Å²) >= 11 is 0. The van der Waals surface area contributed by atoms with Gasteiger partial charge < -0.3 is 29.4 Å². The van der Waals surface area contributed by atoms with Crippen molar-refractivity contribution in [3.8, 4) is 5.69 Å². The average Bonchev–Trinajstić information content (AvgIpc) is 3.74. The zero-order valence-electron chi connectivity index (χ0n) is 23.1. The first-order valence-electron chi connectivity index (χ1n) is 13.8. The number of hydrogen-bond donors (Lipinski definition) is 2. The molecule has 0 radical (unpaired) electrons. The number of amides is 1. The summed E-state index contributed by atoms with van der Waals surface area (Å²) in [5.74, 6) is -0.264. The molecule has 0 spiro atoms. The fourth-order valence-electron chi connectivity index (χ4n) is 5.00. The van der Waals surface area contributed by atoms with E-state index in [2.05, 4.69) is 5.32 Å². The number of aromatic nitrogens is 2. The van der Waals surface area contributed by atoms with Gasteiger partial charge in [0.05, 0.1) is 32.1 Å². The van der Waals surface area contributed by atoms with Gasteiger partial charge in [-0.3, -0.25) is 14.3 Å². The number of carbonyl (C=O) groups excluding carboxylic acids is 1. The van der Waals surface area contributed by atoms with Crippen LogP contribution in [0.3, 0.4) is 0 Å². The number of aliphatic hydroxyl groups is 1. The molecule has 39 heavy (non-hydrogen) atoms. The summed E-state index contributed by atoms with van der Waals surface area (Å²) in [5, 5.41) is 11.8. The van der Waals surface area contributed by atoms with Crippen LogP contribution in [0, 0.1) is 18.8 Å². The van der Waals surface area contributed by atoms with Crippen molar-refractivity contribution in [3.63, 3.8) is 0 Å². The third kappa shape index (κ3) is 7.19. The van der Waals surface area contributed by atoms with Gasteiger partial charge in [0.15, 0.2) is 5.76 Å². The smallest absolute Gasteiger partial charge is 0.286 e. The fraction of sp³-hybridized carbons (Fsp3) is 0.586. The van der Waals surface area contributed by atoms with Crippen LogP contribution in [0.1, 0.15) is 43.4 Å². The Kier molecular flexibility index (Phi) is 10.4. The van der Waals surface area contributed by atoms with Gasteiger partial charge in [-0.15, -0.1) is 0 Å². The predicted molar refractivity (Wildman–Crippen MR) is 146 cm³/mol. The van der Waals surface area contributed by atoms with Crippen molar-refractivity contribution in [2.45, 2.75) is 45.3 Å². The number of allylic oxidation sites excluding steroid dienone is 1. The Hall–Kier alpha value is -2.92. The van der Waals surface area contributed by atoms with Crippen LogP contribution in [0.15, 0.2) is 47.0 Å². The molecule has 0 saturated heterocycles. The second-order valence-corrected chi connectivity index (χ2v) is 10.0. The molecule has 2 heterocycles. The average molecular weight is 544 g/mol. The van der Waals surface area contributed by atoms with E-state index in [0.29, 0.717) is 50.9 Å². The maximum Gasteiger partial charge on any atom is 0.286 e. The number of aliphatic hydroxyl groups excluding tert-OH is 1. The molecule has 2 aromatic rings. The highest BCUT2D eigenvalue weighted by atomic mass is 16.7. The molecule has 0 unspecified atom stereocenters. The molecule has 1 aromatic heterocycles. The summed E-state index contributed by atoms with van der Waals surface area (Å²) in [7, 11) is 1.87. The minimum atomic E-state index is -0.718. The summed E-state index contributed by atoms with van der Waals surface area (Å²) in [6, 6.07) is 9.51. The van der Waals surface area contributed by atoms with Crippen molar-refractivity contribution in [2.75, 3.05) is 46.2 Å². The van der Waals surface area contributed by atoms with Gasteiger partial charge in [0, 0.05) is 49.9 Å². The van der Waals surface area contributed by atoms with Crippen LogP contribution in [0.4, 0.5) is 0 Å². The molecule has 0 bridgehead atoms. The standard InChI is InChI=1S/C29H41N3O7/c1-4-38-29-23(12-14-36-16-17-37-15-13-33)24(18-25(39-29)27(34)30-19-21-10-11-21)26-20(2)31(3)32(28(26)35)22-8-6-5-7-9-22/h5-9,18,21,23-24,29,33H,4,10-17,19H2,1-3H3,(H,30,34)/t23-,24-,29+/m0/s1. The highest BCUT2D eigenvalue weighted by Crippen LogP contribution is 2.39. The van der Waals surface area contributed by atoms with E-state index < -0.39 is 12.2 Å². The van der Waals surface area contributed by atoms with E-state index in [-0.39, 0.29) is 36.4 Å². The molecule has 214 valence electrons. The van der Waals surface area contributed by atoms with Gasteiger partial charge in [0.25, 0.3) is 11.5 Å². The molecule has 1 saturated carbocycles. The van der Waals surface area contributed by atoms with E-state index >= 15 is 0 Å². The van der Waals surface area contributed by atoms with Gasteiger partial charge in [0.1, 0.15) is 0 Å². The second-order valence-electron chi connectivity index (χ2n) is 10.0. The minimum absolute atomic E-state index is 0.0308. The van der Waals surface area contributed by atoms with Gasteiger partial charge in [-0.25, -0.2) is 4.68 Å². The number of nitrogens with zero attached hydrogens (tertiary/aromatic N) is 2. The van der Waals surface area contributed by atoms with Crippen LogP contribution in [0.2, 0.25) is 0 Å². The Morgan fingerprint density at radius 1 is 1.13 bits per heavy atom. The molecule has 1 aromatic carbocycles. The van der Waals surface area contributed by atoms with Gasteiger partial charge in [-0.05, 0) is 57.2 Å². The van der Waals surface area contributed by atoms with Crippen LogP contribution < -0.4 is 10.9 Å². The summed E-state index contributed by atoms with van der Waals surface area (Å²) in [6.07, 6.45) is 3.86. The lowest BCUT2D eigenvalue weighted by atomic mass is 9.81. The Morgan fingerprint density at radius 3 is 2.51 bits per heavy atom. The maximum absolute atomic E-state index is 14.0. The van der Waals surface area contributed by atoms with E-state index in [1.165, 1.54) is 0 Å². The lowest BCUT2D eigenvalue weighted by Crippen LogP contribution is -2.41. The number of rotatable bonds is 15. The zero-order chi connectivity index (χ0) is 27.8. The topological polar surface area (TPSA) is 113 Å². The van der Waals surface area contributed by atoms with E-state index in [4.69, 9.17) is 24.1 Å². The molecule has 10 nitrogen and oxygen atoms in total. The van der Waals surface area contributed by atoms with Crippen molar-refractivity contribution in [1.82, 2.24) is 14.7 Å². The Balaban J connectivity index is 1.65. The lowest BCUT2D eigenvalue weighted by molar-refractivity contribution is -0.168. The Morgan fingerprint density at radius 2 is 1.85 bits per heavy atom. The van der Waals surface area contributed by atoms with Gasteiger partial charge in [-0.2, -0.15) is 0 Å². The maximum atomic E-state index is 14.0. The molecule has 10 heteroatoms. The van der Waals surface area contributed by atoms with Crippen LogP contribution in [-0.4, -0.2) is 72.9 Å². The Labute approximate surface area is 229 Å². The van der Waals surface area contributed by atoms with E-state index in [9.17, 15) is 9.59 Å². The summed E-state index contributed by atoms with van der Waals surface area (Å²) in [6.45, 7) is 6.21. The van der Waals surface area contributed by atoms with E-state index in [1.807, 2.05) is 55.9 Å². The first-order valence-corrected chi connectivity index (χ1v) is 13.8. The first-order chi connectivity index (χ1) is 19.0. The fourth-order valence-corrected chi connectivity index (χ4v) is 5.00. The lowest BCUT2D eigenvalue weighted by Gasteiger charge is -2.36. The van der Waals surface area contributed by atoms with Crippen LogP contribution in [0.25, 0.3) is 5.69 Å². The normalized spacial score (nSPS) is 20.9. The molecule has 4 rings (SSSR count).